The van der Waals surface area contributed by atoms with Crippen molar-refractivity contribution in [3.63, 3.8) is 0 Å². The molecule has 0 aliphatic heterocycles. The number of nitrogens with one attached hydrogen (secondary N) is 1. The second-order valence-electron chi connectivity index (χ2n) is 6.05. The number of rotatable bonds is 4. The first-order chi connectivity index (χ1) is 13.4. The second kappa shape index (κ2) is 7.38. The molecule has 28 heavy (non-hydrogen) atoms. The molecule has 1 amide bonds. The summed E-state index contributed by atoms with van der Waals surface area (Å²) in [6.07, 6.45) is 3.12. The van der Waals surface area contributed by atoms with Gasteiger partial charge in [0.25, 0.3) is 5.56 Å². The highest BCUT2D eigenvalue weighted by Crippen LogP contribution is 2.30. The maximum absolute atomic E-state index is 12.4. The predicted molar refractivity (Wildman–Crippen MR) is 111 cm³/mol. The fraction of sp³-hybridized carbons (Fsp3) is 0.111. The first-order valence-corrected chi connectivity index (χ1v) is 9.77. The van der Waals surface area contributed by atoms with Crippen molar-refractivity contribution in [3.05, 3.63) is 62.6 Å². The van der Waals surface area contributed by atoms with Crippen molar-refractivity contribution in [1.82, 2.24) is 19.1 Å². The number of hydrogen-bond acceptors (Lipinski definition) is 5. The van der Waals surface area contributed by atoms with Crippen LogP contribution in [0.2, 0.25) is 10.0 Å². The Labute approximate surface area is 173 Å². The Morgan fingerprint density at radius 2 is 2.07 bits per heavy atom. The first kappa shape index (κ1) is 18.7. The summed E-state index contributed by atoms with van der Waals surface area (Å²) in [5.74, 6) is -0.305. The molecule has 0 unspecified atom stereocenters. The van der Waals surface area contributed by atoms with Crippen molar-refractivity contribution in [3.8, 4) is 11.3 Å². The maximum Gasteiger partial charge on any atom is 0.276 e. The molecule has 1 N–H and O–H groups in total. The summed E-state index contributed by atoms with van der Waals surface area (Å²) in [4.78, 5) is 33.3. The minimum absolute atomic E-state index is 0.0442. The molecular formula is C18H13Cl2N5O2S. The van der Waals surface area contributed by atoms with E-state index in [2.05, 4.69) is 15.3 Å². The largest absolute Gasteiger partial charge is 0.317 e. The van der Waals surface area contributed by atoms with E-state index in [1.807, 2.05) is 11.4 Å². The fourth-order valence-corrected chi connectivity index (χ4v) is 3.76. The summed E-state index contributed by atoms with van der Waals surface area (Å²) < 4.78 is 2.98. The van der Waals surface area contributed by atoms with E-state index in [1.54, 1.807) is 31.4 Å². The van der Waals surface area contributed by atoms with Crippen LogP contribution in [0.5, 0.6) is 0 Å². The normalized spacial score (nSPS) is 11.1. The van der Waals surface area contributed by atoms with Crippen LogP contribution in [-0.4, -0.2) is 25.0 Å². The molecular weight excluding hydrogens is 421 g/mol. The number of anilines is 1. The fourth-order valence-electron chi connectivity index (χ4n) is 2.72. The van der Waals surface area contributed by atoms with Gasteiger partial charge in [-0.2, -0.15) is 0 Å². The average Bonchev–Trinajstić information content (AvgIpc) is 3.28. The Balaban J connectivity index is 1.52. The van der Waals surface area contributed by atoms with E-state index in [-0.39, 0.29) is 18.0 Å². The molecule has 0 aliphatic rings. The van der Waals surface area contributed by atoms with Crippen molar-refractivity contribution in [1.29, 1.82) is 0 Å². The van der Waals surface area contributed by atoms with Crippen molar-refractivity contribution in [2.24, 2.45) is 7.05 Å². The molecule has 0 saturated carbocycles. The zero-order valence-electron chi connectivity index (χ0n) is 14.5. The van der Waals surface area contributed by atoms with E-state index in [9.17, 15) is 9.59 Å². The van der Waals surface area contributed by atoms with Crippen molar-refractivity contribution >= 4 is 56.6 Å². The number of halogens is 2. The topological polar surface area (TPSA) is 81.8 Å². The number of pyridine rings is 1. The molecule has 0 atom stereocenters. The Hall–Kier alpha value is -2.68. The number of imidazole rings is 1. The standard InChI is InChI=1S/C18H13Cl2N5O2S/c1-24-5-4-13-16(17(24)27)25(9-21-13)7-15(26)23-18-22-14(8-28-18)10-2-3-11(19)12(20)6-10/h2-6,8-9H,7H2,1H3,(H,22,23,26). The molecule has 10 heteroatoms. The number of carbonyl (C=O) groups is 1. The number of aromatic nitrogens is 4. The molecule has 0 radical (unpaired) electrons. The van der Waals surface area contributed by atoms with Crippen molar-refractivity contribution < 1.29 is 4.79 Å². The van der Waals surface area contributed by atoms with Crippen molar-refractivity contribution in [2.45, 2.75) is 6.54 Å². The van der Waals surface area contributed by atoms with Gasteiger partial charge >= 0.3 is 0 Å². The molecule has 4 aromatic rings. The predicted octanol–water partition coefficient (Wildman–Crippen LogP) is 3.80. The van der Waals surface area contributed by atoms with Crippen LogP contribution in [-0.2, 0) is 18.4 Å². The van der Waals surface area contributed by atoms with E-state index in [1.165, 1.54) is 26.8 Å². The van der Waals surface area contributed by atoms with E-state index in [0.717, 1.165) is 5.56 Å². The lowest BCUT2D eigenvalue weighted by Gasteiger charge is -2.05. The first-order valence-electron chi connectivity index (χ1n) is 8.13. The smallest absolute Gasteiger partial charge is 0.276 e. The van der Waals surface area contributed by atoms with Crippen LogP contribution >= 0.6 is 34.5 Å². The average molecular weight is 434 g/mol. The molecule has 4 rings (SSSR count). The quantitative estimate of drug-likeness (QED) is 0.530. The molecule has 1 aromatic carbocycles. The summed E-state index contributed by atoms with van der Waals surface area (Å²) in [6.45, 7) is -0.0442. The summed E-state index contributed by atoms with van der Waals surface area (Å²) in [6, 6.07) is 6.96. The molecule has 142 valence electrons. The lowest BCUT2D eigenvalue weighted by molar-refractivity contribution is -0.116. The summed E-state index contributed by atoms with van der Waals surface area (Å²) in [5.41, 5.74) is 2.21. The number of aryl methyl sites for hydroxylation is 1. The van der Waals surface area contributed by atoms with Gasteiger partial charge in [0.15, 0.2) is 5.13 Å². The number of carbonyl (C=O) groups excluding carboxylic acids is 1. The van der Waals surface area contributed by atoms with Gasteiger partial charge in [0, 0.05) is 24.2 Å². The molecule has 0 spiro atoms. The number of amides is 1. The highest BCUT2D eigenvalue weighted by molar-refractivity contribution is 7.14. The third-order valence-electron chi connectivity index (χ3n) is 4.12. The number of benzene rings is 1. The third-order valence-corrected chi connectivity index (χ3v) is 5.62. The van der Waals surface area contributed by atoms with E-state index < -0.39 is 0 Å². The van der Waals surface area contributed by atoms with Gasteiger partial charge in [0.2, 0.25) is 5.91 Å². The van der Waals surface area contributed by atoms with Gasteiger partial charge < -0.3 is 14.5 Å². The molecule has 3 aromatic heterocycles. The maximum atomic E-state index is 12.4. The van der Waals surface area contributed by atoms with Crippen LogP contribution in [0.1, 0.15) is 0 Å². The number of nitrogens with zero attached hydrogens (tertiary/aromatic N) is 4. The number of hydrogen-bond donors (Lipinski definition) is 1. The molecule has 7 nitrogen and oxygen atoms in total. The summed E-state index contributed by atoms with van der Waals surface area (Å²) >= 11 is 13.3. The minimum atomic E-state index is -0.305. The lowest BCUT2D eigenvalue weighted by Crippen LogP contribution is -2.22. The number of fused-ring (bicyclic) bond motifs is 1. The van der Waals surface area contributed by atoms with Crippen LogP contribution < -0.4 is 10.9 Å². The summed E-state index contributed by atoms with van der Waals surface area (Å²) in [5, 5.41) is 5.91. The lowest BCUT2D eigenvalue weighted by atomic mass is 10.2. The van der Waals surface area contributed by atoms with Gasteiger partial charge in [-0.1, -0.05) is 29.3 Å². The van der Waals surface area contributed by atoms with Gasteiger partial charge in [-0.3, -0.25) is 9.59 Å². The molecule has 3 heterocycles. The van der Waals surface area contributed by atoms with E-state index in [4.69, 9.17) is 23.2 Å². The van der Waals surface area contributed by atoms with E-state index in [0.29, 0.717) is 31.9 Å². The zero-order chi connectivity index (χ0) is 19.8. The van der Waals surface area contributed by atoms with Gasteiger partial charge in [-0.25, -0.2) is 9.97 Å². The van der Waals surface area contributed by atoms with Crippen LogP contribution in [0.15, 0.2) is 47.0 Å². The Morgan fingerprint density at radius 3 is 2.86 bits per heavy atom. The van der Waals surface area contributed by atoms with E-state index >= 15 is 0 Å². The highest BCUT2D eigenvalue weighted by atomic mass is 35.5. The molecule has 0 aliphatic carbocycles. The second-order valence-corrected chi connectivity index (χ2v) is 7.73. The van der Waals surface area contributed by atoms with Crippen LogP contribution in [0.4, 0.5) is 5.13 Å². The van der Waals surface area contributed by atoms with Gasteiger partial charge in [0.1, 0.15) is 12.1 Å². The van der Waals surface area contributed by atoms with Crippen LogP contribution in [0, 0.1) is 0 Å². The van der Waals surface area contributed by atoms with Crippen LogP contribution in [0.25, 0.3) is 22.3 Å². The third kappa shape index (κ3) is 3.54. The zero-order valence-corrected chi connectivity index (χ0v) is 16.8. The van der Waals surface area contributed by atoms with Gasteiger partial charge in [-0.05, 0) is 18.2 Å². The monoisotopic (exact) mass is 433 g/mol. The molecule has 0 saturated heterocycles. The molecule has 0 bridgehead atoms. The van der Waals surface area contributed by atoms with Gasteiger partial charge in [-0.15, -0.1) is 11.3 Å². The summed E-state index contributed by atoms with van der Waals surface area (Å²) in [7, 11) is 1.65. The molecule has 0 fully saturated rings. The Bertz CT molecular complexity index is 1260. The van der Waals surface area contributed by atoms with Crippen molar-refractivity contribution in [2.75, 3.05) is 5.32 Å². The van der Waals surface area contributed by atoms with Gasteiger partial charge in [0.05, 0.1) is 27.6 Å². The SMILES string of the molecule is Cn1ccc2ncn(CC(=O)Nc3nc(-c4ccc(Cl)c(Cl)c4)cs3)c2c1=O. The number of thiazole rings is 1. The highest BCUT2D eigenvalue weighted by Gasteiger charge is 2.13. The minimum Gasteiger partial charge on any atom is -0.317 e. The Morgan fingerprint density at radius 1 is 1.25 bits per heavy atom. The van der Waals surface area contributed by atoms with Crippen LogP contribution in [0.3, 0.4) is 0 Å². The Kier molecular flexibility index (Phi) is 4.92.